The van der Waals surface area contributed by atoms with Gasteiger partial charge in [0.25, 0.3) is 0 Å². The van der Waals surface area contributed by atoms with E-state index in [2.05, 4.69) is 20.5 Å². The molecule has 0 aliphatic heterocycles. The Labute approximate surface area is 115 Å². The highest BCUT2D eigenvalue weighted by Gasteiger charge is 2.09. The van der Waals surface area contributed by atoms with Crippen molar-refractivity contribution < 1.29 is 14.7 Å². The summed E-state index contributed by atoms with van der Waals surface area (Å²) < 4.78 is 0. The summed E-state index contributed by atoms with van der Waals surface area (Å²) in [5.41, 5.74) is 0.00628. The Morgan fingerprint density at radius 3 is 2.79 bits per heavy atom. The van der Waals surface area contributed by atoms with Gasteiger partial charge in [-0.15, -0.1) is 11.3 Å². The number of nitrogens with one attached hydrogen (secondary N) is 2. The van der Waals surface area contributed by atoms with Crippen LogP contribution in [0.3, 0.4) is 0 Å². The number of carbonyl (C=O) groups is 2. The predicted molar refractivity (Wildman–Crippen MR) is 72.5 cm³/mol. The van der Waals surface area contributed by atoms with Crippen LogP contribution in [0.4, 0.5) is 4.79 Å². The van der Waals surface area contributed by atoms with Crippen molar-refractivity contribution in [2.75, 3.05) is 26.7 Å². The minimum atomic E-state index is -1.06. The quantitative estimate of drug-likeness (QED) is 0.682. The SMILES string of the molecule is CCN(C)CCNC(=O)NCc1nc(C(=O)O)cs1. The van der Waals surface area contributed by atoms with E-state index in [9.17, 15) is 9.59 Å². The fraction of sp³-hybridized carbons (Fsp3) is 0.545. The van der Waals surface area contributed by atoms with Crippen molar-refractivity contribution in [1.82, 2.24) is 20.5 Å². The van der Waals surface area contributed by atoms with Crippen LogP contribution in [-0.4, -0.2) is 53.7 Å². The van der Waals surface area contributed by atoms with Crippen LogP contribution in [0.25, 0.3) is 0 Å². The molecule has 0 bridgehead atoms. The fourth-order valence-corrected chi connectivity index (χ4v) is 1.93. The van der Waals surface area contributed by atoms with E-state index in [1.54, 1.807) is 0 Å². The summed E-state index contributed by atoms with van der Waals surface area (Å²) in [5, 5.41) is 16.1. The monoisotopic (exact) mass is 286 g/mol. The highest BCUT2D eigenvalue weighted by Crippen LogP contribution is 2.08. The number of thiazole rings is 1. The summed E-state index contributed by atoms with van der Waals surface area (Å²) >= 11 is 1.21. The molecular formula is C11H18N4O3S. The number of rotatable bonds is 7. The molecule has 0 radical (unpaired) electrons. The van der Waals surface area contributed by atoms with Gasteiger partial charge in [-0.25, -0.2) is 14.6 Å². The van der Waals surface area contributed by atoms with E-state index in [0.29, 0.717) is 11.6 Å². The number of aromatic carboxylic acids is 1. The second kappa shape index (κ2) is 7.70. The lowest BCUT2D eigenvalue weighted by molar-refractivity contribution is 0.0691. The number of carbonyl (C=O) groups excluding carboxylic acids is 1. The van der Waals surface area contributed by atoms with E-state index in [0.717, 1.165) is 13.1 Å². The number of urea groups is 1. The van der Waals surface area contributed by atoms with Gasteiger partial charge in [-0.1, -0.05) is 6.92 Å². The van der Waals surface area contributed by atoms with E-state index < -0.39 is 5.97 Å². The zero-order valence-corrected chi connectivity index (χ0v) is 11.8. The molecule has 0 fully saturated rings. The van der Waals surface area contributed by atoms with Gasteiger partial charge in [0.2, 0.25) is 0 Å². The first kappa shape index (κ1) is 15.4. The molecule has 19 heavy (non-hydrogen) atoms. The van der Waals surface area contributed by atoms with Crippen molar-refractivity contribution in [3.63, 3.8) is 0 Å². The largest absolute Gasteiger partial charge is 0.476 e. The first-order valence-corrected chi connectivity index (χ1v) is 6.78. The molecule has 106 valence electrons. The maximum atomic E-state index is 11.4. The molecule has 0 atom stereocenters. The van der Waals surface area contributed by atoms with Crippen molar-refractivity contribution in [3.8, 4) is 0 Å². The van der Waals surface area contributed by atoms with E-state index in [4.69, 9.17) is 5.11 Å². The highest BCUT2D eigenvalue weighted by atomic mass is 32.1. The zero-order valence-electron chi connectivity index (χ0n) is 11.0. The standard InChI is InChI=1S/C11H18N4O3S/c1-3-15(2)5-4-12-11(18)13-6-9-14-8(7-19-9)10(16)17/h7H,3-6H2,1-2H3,(H,16,17)(H2,12,13,18). The van der Waals surface area contributed by atoms with Crippen LogP contribution in [0.5, 0.6) is 0 Å². The van der Waals surface area contributed by atoms with Gasteiger partial charge in [0, 0.05) is 18.5 Å². The van der Waals surface area contributed by atoms with Crippen LogP contribution < -0.4 is 10.6 Å². The van der Waals surface area contributed by atoms with Crippen LogP contribution in [0.2, 0.25) is 0 Å². The first-order chi connectivity index (χ1) is 9.02. The Morgan fingerprint density at radius 2 is 2.21 bits per heavy atom. The molecule has 0 spiro atoms. The summed E-state index contributed by atoms with van der Waals surface area (Å²) in [7, 11) is 1.97. The number of nitrogens with zero attached hydrogens (tertiary/aromatic N) is 2. The van der Waals surface area contributed by atoms with E-state index in [1.165, 1.54) is 16.7 Å². The normalized spacial score (nSPS) is 10.5. The van der Waals surface area contributed by atoms with Crippen LogP contribution in [0, 0.1) is 0 Å². The first-order valence-electron chi connectivity index (χ1n) is 5.91. The van der Waals surface area contributed by atoms with Gasteiger partial charge in [-0.2, -0.15) is 0 Å². The number of likely N-dealkylation sites (N-methyl/N-ethyl adjacent to an activating group) is 1. The molecule has 0 saturated carbocycles. The van der Waals surface area contributed by atoms with Gasteiger partial charge in [0.1, 0.15) is 5.01 Å². The molecule has 0 saturated heterocycles. The Bertz CT molecular complexity index is 435. The van der Waals surface area contributed by atoms with Gasteiger partial charge < -0.3 is 20.6 Å². The van der Waals surface area contributed by atoms with Gasteiger partial charge in [-0.05, 0) is 13.6 Å². The Hall–Kier alpha value is -1.67. The molecular weight excluding hydrogens is 268 g/mol. The number of carboxylic acid groups (broad SMARTS) is 1. The summed E-state index contributed by atoms with van der Waals surface area (Å²) in [6.45, 7) is 4.55. The Balaban J connectivity index is 2.24. The number of aromatic nitrogens is 1. The molecule has 0 unspecified atom stereocenters. The van der Waals surface area contributed by atoms with E-state index in [1.807, 2.05) is 14.0 Å². The van der Waals surface area contributed by atoms with Crippen LogP contribution in [0.15, 0.2) is 5.38 Å². The summed E-state index contributed by atoms with van der Waals surface area (Å²) in [4.78, 5) is 28.0. The maximum absolute atomic E-state index is 11.4. The number of hydrogen-bond acceptors (Lipinski definition) is 5. The van der Waals surface area contributed by atoms with Crippen molar-refractivity contribution in [1.29, 1.82) is 0 Å². The third-order valence-corrected chi connectivity index (χ3v) is 3.34. The Morgan fingerprint density at radius 1 is 1.47 bits per heavy atom. The second-order valence-electron chi connectivity index (χ2n) is 3.94. The molecule has 1 rings (SSSR count). The van der Waals surface area contributed by atoms with Gasteiger partial charge in [0.05, 0.1) is 6.54 Å². The lowest BCUT2D eigenvalue weighted by Crippen LogP contribution is -2.39. The molecule has 0 aromatic carbocycles. The molecule has 2 amide bonds. The zero-order chi connectivity index (χ0) is 14.3. The predicted octanol–water partition coefficient (Wildman–Crippen LogP) is 0.592. The fourth-order valence-electron chi connectivity index (χ4n) is 1.23. The molecule has 7 nitrogen and oxygen atoms in total. The van der Waals surface area contributed by atoms with Gasteiger partial charge in [-0.3, -0.25) is 0 Å². The smallest absolute Gasteiger partial charge is 0.355 e. The lowest BCUT2D eigenvalue weighted by Gasteiger charge is -2.14. The van der Waals surface area contributed by atoms with Crippen molar-refractivity contribution in [3.05, 3.63) is 16.1 Å². The van der Waals surface area contributed by atoms with E-state index in [-0.39, 0.29) is 18.3 Å². The van der Waals surface area contributed by atoms with Crippen LogP contribution in [-0.2, 0) is 6.54 Å². The summed E-state index contributed by atoms with van der Waals surface area (Å²) in [6, 6.07) is -0.281. The summed E-state index contributed by atoms with van der Waals surface area (Å²) in [5.74, 6) is -1.06. The van der Waals surface area contributed by atoms with E-state index >= 15 is 0 Å². The van der Waals surface area contributed by atoms with Gasteiger partial charge in [0.15, 0.2) is 5.69 Å². The maximum Gasteiger partial charge on any atom is 0.355 e. The highest BCUT2D eigenvalue weighted by molar-refractivity contribution is 7.09. The minimum absolute atomic E-state index is 0.00628. The van der Waals surface area contributed by atoms with Crippen LogP contribution >= 0.6 is 11.3 Å². The molecule has 8 heteroatoms. The molecule has 0 aliphatic rings. The summed E-state index contributed by atoms with van der Waals surface area (Å²) in [6.07, 6.45) is 0. The second-order valence-corrected chi connectivity index (χ2v) is 4.88. The lowest BCUT2D eigenvalue weighted by atomic mass is 10.5. The number of hydrogen-bond donors (Lipinski definition) is 3. The number of carboxylic acids is 1. The van der Waals surface area contributed by atoms with Crippen molar-refractivity contribution in [2.24, 2.45) is 0 Å². The molecule has 3 N–H and O–H groups in total. The van der Waals surface area contributed by atoms with Crippen molar-refractivity contribution >= 4 is 23.3 Å². The average molecular weight is 286 g/mol. The molecule has 0 aliphatic carbocycles. The third-order valence-electron chi connectivity index (χ3n) is 2.49. The third kappa shape index (κ3) is 5.66. The molecule has 1 aromatic rings. The van der Waals surface area contributed by atoms with Crippen molar-refractivity contribution in [2.45, 2.75) is 13.5 Å². The Kier molecular flexibility index (Phi) is 6.23. The van der Waals surface area contributed by atoms with Crippen LogP contribution in [0.1, 0.15) is 22.4 Å². The average Bonchev–Trinajstić information content (AvgIpc) is 2.85. The minimum Gasteiger partial charge on any atom is -0.476 e. The van der Waals surface area contributed by atoms with Gasteiger partial charge >= 0.3 is 12.0 Å². The topological polar surface area (TPSA) is 94.6 Å². The molecule has 1 heterocycles. The molecule has 1 aromatic heterocycles. The number of amides is 2.